The van der Waals surface area contributed by atoms with Crippen LogP contribution in [-0.2, 0) is 9.53 Å². The fourth-order valence-corrected chi connectivity index (χ4v) is 2.02. The molecule has 1 N–H and O–H groups in total. The zero-order valence-electron chi connectivity index (χ0n) is 14.0. The number of ether oxygens (including phenoxy) is 2. The summed E-state index contributed by atoms with van der Waals surface area (Å²) in [5, 5.41) is 2.64. The van der Waals surface area contributed by atoms with Crippen LogP contribution < -0.4 is 10.1 Å². The van der Waals surface area contributed by atoms with Crippen molar-refractivity contribution < 1.29 is 32.2 Å². The third-order valence-corrected chi connectivity index (χ3v) is 3.38. The van der Waals surface area contributed by atoms with E-state index in [1.165, 1.54) is 6.92 Å². The average Bonchev–Trinajstić information content (AvgIpc) is 2.56. The molecule has 1 unspecified atom stereocenters. The molecule has 0 spiro atoms. The van der Waals surface area contributed by atoms with Gasteiger partial charge in [-0.25, -0.2) is 4.79 Å². The Morgan fingerprint density at radius 1 is 1.04 bits per heavy atom. The average molecular weight is 367 g/mol. The largest absolute Gasteiger partial charge is 0.573 e. The highest BCUT2D eigenvalue weighted by Gasteiger charge is 2.31. The van der Waals surface area contributed by atoms with Crippen molar-refractivity contribution in [1.82, 2.24) is 0 Å². The van der Waals surface area contributed by atoms with Crippen LogP contribution >= 0.6 is 0 Å². The van der Waals surface area contributed by atoms with E-state index in [4.69, 9.17) is 4.74 Å². The normalized spacial score (nSPS) is 12.2. The number of carbonyl (C=O) groups is 2. The van der Waals surface area contributed by atoms with Gasteiger partial charge in [0.05, 0.1) is 5.56 Å². The van der Waals surface area contributed by atoms with E-state index >= 15 is 0 Å². The van der Waals surface area contributed by atoms with Crippen molar-refractivity contribution in [3.8, 4) is 5.75 Å². The topological polar surface area (TPSA) is 64.6 Å². The maximum Gasteiger partial charge on any atom is 0.573 e. The summed E-state index contributed by atoms with van der Waals surface area (Å²) in [6, 6.07) is 11.3. The molecule has 0 aliphatic carbocycles. The molecule has 0 bridgehead atoms. The van der Waals surface area contributed by atoms with Gasteiger partial charge in [-0.1, -0.05) is 18.2 Å². The Hall–Kier alpha value is -3.03. The van der Waals surface area contributed by atoms with Crippen molar-refractivity contribution >= 4 is 17.6 Å². The van der Waals surface area contributed by atoms with E-state index in [0.717, 1.165) is 29.8 Å². The molecule has 0 aliphatic heterocycles. The lowest BCUT2D eigenvalue weighted by molar-refractivity contribution is -0.274. The maximum atomic E-state index is 12.1. The maximum absolute atomic E-state index is 12.1. The third-order valence-electron chi connectivity index (χ3n) is 3.38. The number of esters is 1. The summed E-state index contributed by atoms with van der Waals surface area (Å²) in [5.74, 6) is -1.82. The summed E-state index contributed by atoms with van der Waals surface area (Å²) in [4.78, 5) is 24.1. The summed E-state index contributed by atoms with van der Waals surface area (Å²) in [5.41, 5.74) is 1.43. The summed E-state index contributed by atoms with van der Waals surface area (Å²) >= 11 is 0. The molecule has 0 saturated carbocycles. The Balaban J connectivity index is 1.96. The highest BCUT2D eigenvalue weighted by atomic mass is 19.4. The molecule has 2 rings (SSSR count). The molecule has 26 heavy (non-hydrogen) atoms. The van der Waals surface area contributed by atoms with Crippen LogP contribution in [-0.4, -0.2) is 24.3 Å². The van der Waals surface area contributed by atoms with E-state index in [1.54, 1.807) is 12.1 Å². The van der Waals surface area contributed by atoms with Crippen molar-refractivity contribution in [1.29, 1.82) is 0 Å². The zero-order chi connectivity index (χ0) is 19.3. The number of benzene rings is 2. The first-order valence-electron chi connectivity index (χ1n) is 7.59. The predicted octanol–water partition coefficient (Wildman–Crippen LogP) is 4.08. The van der Waals surface area contributed by atoms with Crippen LogP contribution in [0.15, 0.2) is 48.5 Å². The third kappa shape index (κ3) is 5.51. The van der Waals surface area contributed by atoms with Crippen LogP contribution in [0.3, 0.4) is 0 Å². The van der Waals surface area contributed by atoms with Crippen LogP contribution in [0.4, 0.5) is 18.9 Å². The number of nitrogens with one attached hydrogen (secondary N) is 1. The molecule has 8 heteroatoms. The first-order chi connectivity index (χ1) is 12.2. The van der Waals surface area contributed by atoms with Crippen molar-refractivity contribution in [3.05, 3.63) is 59.7 Å². The van der Waals surface area contributed by atoms with E-state index in [-0.39, 0.29) is 5.56 Å². The van der Waals surface area contributed by atoms with E-state index in [1.807, 2.05) is 19.1 Å². The molecule has 0 radical (unpaired) electrons. The quantitative estimate of drug-likeness (QED) is 0.809. The number of hydrogen-bond donors (Lipinski definition) is 1. The number of halogens is 3. The minimum absolute atomic E-state index is 0.00457. The number of aryl methyl sites for hydroxylation is 1. The number of hydrogen-bond acceptors (Lipinski definition) is 4. The first kappa shape index (κ1) is 19.3. The number of amides is 1. The SMILES string of the molecule is Cc1ccccc1NC(=O)C(C)OC(=O)c1ccc(OC(F)(F)F)cc1. The number of anilines is 1. The van der Waals surface area contributed by atoms with E-state index in [2.05, 4.69) is 10.1 Å². The lowest BCUT2D eigenvalue weighted by atomic mass is 10.2. The van der Waals surface area contributed by atoms with Gasteiger partial charge in [-0.2, -0.15) is 0 Å². The minimum atomic E-state index is -4.82. The second-order valence-corrected chi connectivity index (χ2v) is 5.42. The van der Waals surface area contributed by atoms with E-state index in [0.29, 0.717) is 5.69 Å². The molecule has 2 aromatic carbocycles. The second-order valence-electron chi connectivity index (χ2n) is 5.42. The van der Waals surface area contributed by atoms with Gasteiger partial charge in [-0.3, -0.25) is 4.79 Å². The van der Waals surface area contributed by atoms with Gasteiger partial charge in [0.1, 0.15) is 5.75 Å². The summed E-state index contributed by atoms with van der Waals surface area (Å²) in [7, 11) is 0. The summed E-state index contributed by atoms with van der Waals surface area (Å²) in [6.45, 7) is 3.21. The molecule has 0 fully saturated rings. The van der Waals surface area contributed by atoms with E-state index in [9.17, 15) is 22.8 Å². The van der Waals surface area contributed by atoms with Crippen LogP contribution in [0.25, 0.3) is 0 Å². The smallest absolute Gasteiger partial charge is 0.449 e. The van der Waals surface area contributed by atoms with Gasteiger partial charge in [-0.05, 0) is 49.7 Å². The lowest BCUT2D eigenvalue weighted by Gasteiger charge is -2.15. The molecular weight excluding hydrogens is 351 g/mol. The van der Waals surface area contributed by atoms with Gasteiger partial charge in [-0.15, -0.1) is 13.2 Å². The minimum Gasteiger partial charge on any atom is -0.449 e. The molecule has 0 aromatic heterocycles. The molecule has 1 amide bonds. The predicted molar refractivity (Wildman–Crippen MR) is 87.8 cm³/mol. The van der Waals surface area contributed by atoms with Crippen LogP contribution in [0.5, 0.6) is 5.75 Å². The summed E-state index contributed by atoms with van der Waals surface area (Å²) in [6.07, 6.45) is -5.90. The first-order valence-corrected chi connectivity index (χ1v) is 7.59. The van der Waals surface area contributed by atoms with Crippen LogP contribution in [0.2, 0.25) is 0 Å². The van der Waals surface area contributed by atoms with E-state index < -0.39 is 30.1 Å². The Morgan fingerprint density at radius 2 is 1.65 bits per heavy atom. The molecule has 1 atom stereocenters. The van der Waals surface area contributed by atoms with Crippen molar-refractivity contribution in [3.63, 3.8) is 0 Å². The van der Waals surface area contributed by atoms with Gasteiger partial charge in [0, 0.05) is 5.69 Å². The number of carbonyl (C=O) groups excluding carboxylic acids is 2. The Morgan fingerprint density at radius 3 is 2.23 bits per heavy atom. The second kappa shape index (κ2) is 7.90. The molecule has 2 aromatic rings. The molecule has 0 heterocycles. The van der Waals surface area contributed by atoms with Gasteiger partial charge >= 0.3 is 12.3 Å². The fraction of sp³-hybridized carbons (Fsp3) is 0.222. The molecule has 0 saturated heterocycles. The number of alkyl halides is 3. The standard InChI is InChI=1S/C18H16F3NO4/c1-11-5-3-4-6-15(11)22-16(23)12(2)25-17(24)13-7-9-14(10-8-13)26-18(19,20)21/h3-10,12H,1-2H3,(H,22,23). The van der Waals surface area contributed by atoms with Crippen molar-refractivity contribution in [2.45, 2.75) is 26.3 Å². The highest BCUT2D eigenvalue weighted by molar-refractivity contribution is 5.97. The highest BCUT2D eigenvalue weighted by Crippen LogP contribution is 2.23. The van der Waals surface area contributed by atoms with Gasteiger partial charge in [0.15, 0.2) is 6.10 Å². The Kier molecular flexibility index (Phi) is 5.86. The molecule has 138 valence electrons. The van der Waals surface area contributed by atoms with Gasteiger partial charge in [0.25, 0.3) is 5.91 Å². The summed E-state index contributed by atoms with van der Waals surface area (Å²) < 4.78 is 45.1. The Bertz CT molecular complexity index is 788. The zero-order valence-corrected chi connectivity index (χ0v) is 14.0. The Labute approximate surface area is 147 Å². The van der Waals surface area contributed by atoms with Crippen molar-refractivity contribution in [2.24, 2.45) is 0 Å². The van der Waals surface area contributed by atoms with Crippen LogP contribution in [0.1, 0.15) is 22.8 Å². The van der Waals surface area contributed by atoms with Crippen molar-refractivity contribution in [2.75, 3.05) is 5.32 Å². The van der Waals surface area contributed by atoms with Gasteiger partial charge in [0.2, 0.25) is 0 Å². The fourth-order valence-electron chi connectivity index (χ4n) is 2.02. The molecule has 0 aliphatic rings. The van der Waals surface area contributed by atoms with Gasteiger partial charge < -0.3 is 14.8 Å². The molecular formula is C18H16F3NO4. The number of rotatable bonds is 5. The lowest BCUT2D eigenvalue weighted by Crippen LogP contribution is -2.30. The number of para-hydroxylation sites is 1. The van der Waals surface area contributed by atoms with Crippen LogP contribution in [0, 0.1) is 6.92 Å². The molecule has 5 nitrogen and oxygen atoms in total. The monoisotopic (exact) mass is 367 g/mol.